The van der Waals surface area contributed by atoms with Crippen LogP contribution in [0.25, 0.3) is 0 Å². The van der Waals surface area contributed by atoms with E-state index >= 15 is 0 Å². The zero-order chi connectivity index (χ0) is 19.7. The van der Waals surface area contributed by atoms with Crippen molar-refractivity contribution >= 4 is 12.1 Å². The van der Waals surface area contributed by atoms with Crippen LogP contribution in [0.3, 0.4) is 0 Å². The van der Waals surface area contributed by atoms with Crippen LogP contribution in [0.1, 0.15) is 26.3 Å². The smallest absolute Gasteiger partial charge is 0.408 e. The van der Waals surface area contributed by atoms with E-state index in [0.717, 1.165) is 5.56 Å². The van der Waals surface area contributed by atoms with E-state index in [1.165, 1.54) is 7.11 Å². The van der Waals surface area contributed by atoms with Gasteiger partial charge in [-0.25, -0.2) is 14.0 Å². The summed E-state index contributed by atoms with van der Waals surface area (Å²) in [6, 6.07) is 5.74. The fourth-order valence-corrected chi connectivity index (χ4v) is 1.98. The molecule has 0 radical (unpaired) electrons. The number of ether oxygens (including phenoxy) is 3. The average molecular weight is 371 g/mol. The largest absolute Gasteiger partial charge is 0.491 e. The van der Waals surface area contributed by atoms with E-state index in [2.05, 4.69) is 5.32 Å². The van der Waals surface area contributed by atoms with Crippen molar-refractivity contribution in [1.82, 2.24) is 5.32 Å². The van der Waals surface area contributed by atoms with Crippen LogP contribution in [0.2, 0.25) is 0 Å². The first kappa shape index (κ1) is 21.7. The molecule has 0 spiro atoms. The van der Waals surface area contributed by atoms with Gasteiger partial charge >= 0.3 is 12.1 Å². The van der Waals surface area contributed by atoms with Crippen LogP contribution in [0, 0.1) is 0 Å². The predicted molar refractivity (Wildman–Crippen MR) is 92.8 cm³/mol. The van der Waals surface area contributed by atoms with Crippen molar-refractivity contribution in [2.75, 3.05) is 20.4 Å². The normalized spacial score (nSPS) is 13.5. The fraction of sp³-hybridized carbons (Fsp3) is 0.556. The van der Waals surface area contributed by atoms with Gasteiger partial charge < -0.3 is 24.6 Å². The molecule has 0 aliphatic rings. The van der Waals surface area contributed by atoms with E-state index in [9.17, 15) is 14.0 Å². The Labute approximate surface area is 152 Å². The Balaban J connectivity index is 2.70. The molecular formula is C18H26FNO6. The summed E-state index contributed by atoms with van der Waals surface area (Å²) in [5.41, 5.74) is 0.0586. The fourth-order valence-electron chi connectivity index (χ4n) is 1.98. The van der Waals surface area contributed by atoms with E-state index in [4.69, 9.17) is 19.3 Å². The Hall–Kier alpha value is -2.35. The molecule has 0 aliphatic heterocycles. The highest BCUT2D eigenvalue weighted by molar-refractivity contribution is 5.81. The van der Waals surface area contributed by atoms with Crippen LogP contribution in [0.15, 0.2) is 24.3 Å². The molecule has 0 saturated heterocycles. The summed E-state index contributed by atoms with van der Waals surface area (Å²) < 4.78 is 27.3. The lowest BCUT2D eigenvalue weighted by atomic mass is 10.1. The Kier molecular flexibility index (Phi) is 8.31. The predicted octanol–water partition coefficient (Wildman–Crippen LogP) is 2.00. The minimum Gasteiger partial charge on any atom is -0.491 e. The number of halogens is 1. The van der Waals surface area contributed by atoms with Gasteiger partial charge in [0.15, 0.2) is 0 Å². The van der Waals surface area contributed by atoms with Gasteiger partial charge in [-0.3, -0.25) is 0 Å². The molecule has 2 N–H and O–H groups in total. The lowest BCUT2D eigenvalue weighted by molar-refractivity contribution is -0.143. The number of rotatable bonds is 8. The third-order valence-electron chi connectivity index (χ3n) is 3.16. The number of hydrogen-bond acceptors (Lipinski definition) is 6. The van der Waals surface area contributed by atoms with Gasteiger partial charge in [0.1, 0.15) is 36.8 Å². The second kappa shape index (κ2) is 9.96. The summed E-state index contributed by atoms with van der Waals surface area (Å²) >= 11 is 0. The van der Waals surface area contributed by atoms with Crippen molar-refractivity contribution in [3.8, 4) is 5.75 Å². The third-order valence-corrected chi connectivity index (χ3v) is 3.16. The maximum atomic E-state index is 12.2. The maximum Gasteiger partial charge on any atom is 0.408 e. The molecule has 0 aromatic heterocycles. The molecule has 1 rings (SSSR count). The minimum absolute atomic E-state index is 0.152. The van der Waals surface area contributed by atoms with Crippen molar-refractivity contribution in [2.24, 2.45) is 0 Å². The Bertz CT molecular complexity index is 584. The number of nitrogens with one attached hydrogen (secondary N) is 1. The van der Waals surface area contributed by atoms with Crippen molar-refractivity contribution in [1.29, 1.82) is 0 Å². The second-order valence-corrected chi connectivity index (χ2v) is 6.69. The quantitative estimate of drug-likeness (QED) is 0.679. The van der Waals surface area contributed by atoms with E-state index in [1.54, 1.807) is 45.0 Å². The number of aliphatic hydroxyl groups excluding tert-OH is 1. The molecule has 26 heavy (non-hydrogen) atoms. The summed E-state index contributed by atoms with van der Waals surface area (Å²) in [6.45, 7) is 4.13. The molecule has 0 heterocycles. The summed E-state index contributed by atoms with van der Waals surface area (Å²) in [4.78, 5) is 23.8. The van der Waals surface area contributed by atoms with Crippen LogP contribution < -0.4 is 10.1 Å². The van der Waals surface area contributed by atoms with Gasteiger partial charge in [-0.1, -0.05) is 12.1 Å². The first-order valence-corrected chi connectivity index (χ1v) is 8.17. The number of esters is 1. The topological polar surface area (TPSA) is 94.1 Å². The van der Waals surface area contributed by atoms with Gasteiger partial charge in [0, 0.05) is 6.42 Å². The summed E-state index contributed by atoms with van der Waals surface area (Å²) in [7, 11) is 1.24. The molecule has 1 unspecified atom stereocenters. The number of hydrogen-bond donors (Lipinski definition) is 2. The first-order valence-electron chi connectivity index (χ1n) is 8.17. The van der Waals surface area contributed by atoms with Gasteiger partial charge in [-0.05, 0) is 38.5 Å². The van der Waals surface area contributed by atoms with Crippen LogP contribution in [0.5, 0.6) is 5.75 Å². The van der Waals surface area contributed by atoms with E-state index in [0.29, 0.717) is 5.75 Å². The second-order valence-electron chi connectivity index (χ2n) is 6.69. The lowest BCUT2D eigenvalue weighted by Crippen LogP contribution is -2.45. The highest BCUT2D eigenvalue weighted by Crippen LogP contribution is 2.15. The van der Waals surface area contributed by atoms with E-state index < -0.39 is 36.5 Å². The number of alkyl carbamates (subject to hydrolysis) is 1. The molecule has 146 valence electrons. The highest BCUT2D eigenvalue weighted by Gasteiger charge is 2.25. The number of benzene rings is 1. The van der Waals surface area contributed by atoms with Crippen molar-refractivity contribution in [3.05, 3.63) is 29.8 Å². The number of amides is 1. The zero-order valence-corrected chi connectivity index (χ0v) is 15.5. The maximum absolute atomic E-state index is 12.2. The Morgan fingerprint density at radius 3 is 2.35 bits per heavy atom. The van der Waals surface area contributed by atoms with E-state index in [1.807, 2.05) is 0 Å². The third kappa shape index (κ3) is 8.15. The zero-order valence-electron chi connectivity index (χ0n) is 15.5. The standard InChI is InChI=1S/C18H26FNO6/c1-18(2,3)26-17(23)20-15(16(22)24-4)9-12-5-7-14(8-6-12)25-11-13(21)10-19/h5-8,13,15,21H,9-11H2,1-4H3,(H,20,23)/t13?,15-/m0/s1. The average Bonchev–Trinajstić information content (AvgIpc) is 2.57. The molecule has 8 heteroatoms. The number of carbonyl (C=O) groups is 2. The molecule has 1 amide bonds. The SMILES string of the molecule is COC(=O)[C@H](Cc1ccc(OCC(O)CF)cc1)NC(=O)OC(C)(C)C. The van der Waals surface area contributed by atoms with E-state index in [-0.39, 0.29) is 13.0 Å². The lowest BCUT2D eigenvalue weighted by Gasteiger charge is -2.22. The summed E-state index contributed by atoms with van der Waals surface area (Å²) in [5.74, 6) is -0.141. The molecule has 2 atom stereocenters. The number of aliphatic hydroxyl groups is 1. The van der Waals surface area contributed by atoms with Crippen LogP contribution in [0.4, 0.5) is 9.18 Å². The van der Waals surface area contributed by atoms with Gasteiger partial charge in [-0.15, -0.1) is 0 Å². The number of methoxy groups -OCH3 is 1. The molecule has 7 nitrogen and oxygen atoms in total. The summed E-state index contributed by atoms with van der Waals surface area (Å²) in [5, 5.41) is 11.6. The molecule has 0 bridgehead atoms. The van der Waals surface area contributed by atoms with Crippen LogP contribution >= 0.6 is 0 Å². The van der Waals surface area contributed by atoms with Gasteiger partial charge in [0.2, 0.25) is 0 Å². The number of alkyl halides is 1. The first-order chi connectivity index (χ1) is 12.1. The van der Waals surface area contributed by atoms with Crippen molar-refractivity contribution in [2.45, 2.75) is 44.9 Å². The van der Waals surface area contributed by atoms with Crippen LogP contribution in [-0.4, -0.2) is 55.3 Å². The molecule has 0 saturated carbocycles. The Morgan fingerprint density at radius 1 is 1.23 bits per heavy atom. The molecular weight excluding hydrogens is 345 g/mol. The minimum atomic E-state index is -1.17. The number of carbonyl (C=O) groups excluding carboxylic acids is 2. The van der Waals surface area contributed by atoms with Gasteiger partial charge in [0.25, 0.3) is 0 Å². The van der Waals surface area contributed by atoms with Gasteiger partial charge in [0.05, 0.1) is 7.11 Å². The van der Waals surface area contributed by atoms with Gasteiger partial charge in [-0.2, -0.15) is 0 Å². The Morgan fingerprint density at radius 2 is 1.85 bits per heavy atom. The monoisotopic (exact) mass is 371 g/mol. The molecule has 0 aliphatic carbocycles. The molecule has 1 aromatic rings. The summed E-state index contributed by atoms with van der Waals surface area (Å²) in [6.07, 6.45) is -1.69. The van der Waals surface area contributed by atoms with Crippen molar-refractivity contribution in [3.63, 3.8) is 0 Å². The van der Waals surface area contributed by atoms with Crippen LogP contribution in [-0.2, 0) is 20.7 Å². The molecule has 1 aromatic carbocycles. The molecule has 0 fully saturated rings. The van der Waals surface area contributed by atoms with Crippen molar-refractivity contribution < 1.29 is 33.3 Å². The highest BCUT2D eigenvalue weighted by atomic mass is 19.1.